The largest absolute Gasteiger partial charge is 0.490 e. The van der Waals surface area contributed by atoms with Crippen molar-refractivity contribution in [1.82, 2.24) is 0 Å². The van der Waals surface area contributed by atoms with Crippen LogP contribution in [0, 0.1) is 0 Å². The number of hydrogen-bond donors (Lipinski definition) is 3. The first kappa shape index (κ1) is 22.6. The number of benzene rings is 2. The number of aliphatic carboxylic acids is 2. The van der Waals surface area contributed by atoms with Gasteiger partial charge in [-0.2, -0.15) is 13.2 Å². The highest BCUT2D eigenvalue weighted by atomic mass is 19.4. The lowest BCUT2D eigenvalue weighted by Crippen LogP contribution is -2.21. The van der Waals surface area contributed by atoms with Crippen molar-refractivity contribution in [2.45, 2.75) is 19.1 Å². The van der Waals surface area contributed by atoms with Crippen molar-refractivity contribution in [2.24, 2.45) is 5.73 Å². The fraction of sp³-hybridized carbons (Fsp3) is 0.167. The molecule has 2 rings (SSSR count). The van der Waals surface area contributed by atoms with E-state index in [-0.39, 0.29) is 6.42 Å². The van der Waals surface area contributed by atoms with Crippen LogP contribution in [0.1, 0.15) is 21.5 Å². The Labute approximate surface area is 157 Å². The van der Waals surface area contributed by atoms with Crippen LogP contribution >= 0.6 is 0 Å². The predicted octanol–water partition coefficient (Wildman–Crippen LogP) is 2.62. The predicted molar refractivity (Wildman–Crippen MR) is 90.8 cm³/mol. The average Bonchev–Trinajstić information content (AvgIpc) is 2.62. The fourth-order valence-electron chi connectivity index (χ4n) is 1.79. The van der Waals surface area contributed by atoms with E-state index in [1.165, 1.54) is 0 Å². The third-order valence-corrected chi connectivity index (χ3v) is 3.16. The minimum Gasteiger partial charge on any atom is -0.481 e. The van der Waals surface area contributed by atoms with E-state index in [2.05, 4.69) is 0 Å². The number of nitrogens with two attached hydrogens (primary N) is 1. The van der Waals surface area contributed by atoms with Crippen LogP contribution in [0.25, 0.3) is 0 Å². The zero-order chi connectivity index (χ0) is 21.3. The van der Waals surface area contributed by atoms with Crippen molar-refractivity contribution >= 4 is 17.9 Å². The molecule has 0 heterocycles. The molecule has 0 aliphatic heterocycles. The van der Waals surface area contributed by atoms with Crippen LogP contribution in [-0.2, 0) is 22.6 Å². The first-order valence-corrected chi connectivity index (χ1v) is 7.65. The first-order chi connectivity index (χ1) is 13.0. The van der Waals surface area contributed by atoms with Crippen molar-refractivity contribution < 1.29 is 42.5 Å². The summed E-state index contributed by atoms with van der Waals surface area (Å²) in [5, 5.41) is 15.8. The Bertz CT molecular complexity index is 817. The molecule has 0 aliphatic rings. The SMILES string of the molecule is NCc1ccc(C(=O)Oc2ccc(CC(=O)O)cc2)cc1.O=C(O)C(F)(F)F. The Morgan fingerprint density at radius 2 is 1.36 bits per heavy atom. The van der Waals surface area contributed by atoms with Crippen molar-refractivity contribution in [3.63, 3.8) is 0 Å². The molecule has 0 spiro atoms. The standard InChI is InChI=1S/C16H15NO4.C2HF3O2/c17-10-12-1-5-13(6-2-12)16(20)21-14-7-3-11(4-8-14)9-15(18)19;3-2(4,5)1(6)7/h1-8H,9-10,17H2,(H,18,19);(H,6,7). The van der Waals surface area contributed by atoms with E-state index < -0.39 is 24.1 Å². The van der Waals surface area contributed by atoms with Gasteiger partial charge in [-0.25, -0.2) is 9.59 Å². The van der Waals surface area contributed by atoms with Crippen LogP contribution in [0.4, 0.5) is 13.2 Å². The number of alkyl halides is 3. The second-order valence-corrected chi connectivity index (χ2v) is 5.31. The number of halogens is 3. The van der Waals surface area contributed by atoms with Gasteiger partial charge >= 0.3 is 24.1 Å². The number of carbonyl (C=O) groups is 3. The van der Waals surface area contributed by atoms with E-state index in [1.807, 2.05) is 0 Å². The molecule has 0 bridgehead atoms. The van der Waals surface area contributed by atoms with Gasteiger partial charge in [0.25, 0.3) is 0 Å². The Hall–Kier alpha value is -3.40. The summed E-state index contributed by atoms with van der Waals surface area (Å²) in [6.45, 7) is 0.417. The van der Waals surface area contributed by atoms with Gasteiger partial charge in [0.05, 0.1) is 12.0 Å². The summed E-state index contributed by atoms with van der Waals surface area (Å²) in [4.78, 5) is 31.4. The molecule has 28 heavy (non-hydrogen) atoms. The van der Waals surface area contributed by atoms with Gasteiger partial charge in [-0.3, -0.25) is 4.79 Å². The highest BCUT2D eigenvalue weighted by Crippen LogP contribution is 2.15. The van der Waals surface area contributed by atoms with Crippen LogP contribution in [0.2, 0.25) is 0 Å². The molecule has 0 saturated heterocycles. The minimum atomic E-state index is -5.08. The Morgan fingerprint density at radius 3 is 1.75 bits per heavy atom. The van der Waals surface area contributed by atoms with Gasteiger partial charge in [0.1, 0.15) is 5.75 Å². The second kappa shape index (κ2) is 10.1. The lowest BCUT2D eigenvalue weighted by molar-refractivity contribution is -0.192. The first-order valence-electron chi connectivity index (χ1n) is 7.65. The number of carbonyl (C=O) groups excluding carboxylic acids is 1. The molecule has 0 fully saturated rings. The van der Waals surface area contributed by atoms with Crippen LogP contribution in [-0.4, -0.2) is 34.3 Å². The molecule has 150 valence electrons. The zero-order valence-electron chi connectivity index (χ0n) is 14.3. The van der Waals surface area contributed by atoms with Crippen LogP contribution in [0.3, 0.4) is 0 Å². The maximum Gasteiger partial charge on any atom is 0.490 e. The van der Waals surface area contributed by atoms with Gasteiger partial charge in [0.2, 0.25) is 0 Å². The average molecular weight is 399 g/mol. The van der Waals surface area contributed by atoms with Gasteiger partial charge in [-0.15, -0.1) is 0 Å². The Morgan fingerprint density at radius 1 is 0.893 bits per heavy atom. The van der Waals surface area contributed by atoms with E-state index in [0.29, 0.717) is 23.4 Å². The van der Waals surface area contributed by atoms with Crippen LogP contribution in [0.15, 0.2) is 48.5 Å². The molecule has 0 atom stereocenters. The van der Waals surface area contributed by atoms with Crippen molar-refractivity contribution in [3.8, 4) is 5.75 Å². The van der Waals surface area contributed by atoms with Crippen LogP contribution < -0.4 is 10.5 Å². The number of esters is 1. The molecule has 0 aliphatic carbocycles. The van der Waals surface area contributed by atoms with E-state index in [4.69, 9.17) is 25.5 Å². The zero-order valence-corrected chi connectivity index (χ0v) is 14.3. The van der Waals surface area contributed by atoms with E-state index >= 15 is 0 Å². The third-order valence-electron chi connectivity index (χ3n) is 3.16. The third kappa shape index (κ3) is 7.87. The summed E-state index contributed by atoms with van der Waals surface area (Å²) in [6, 6.07) is 13.2. The molecule has 10 heteroatoms. The fourth-order valence-corrected chi connectivity index (χ4v) is 1.79. The maximum absolute atomic E-state index is 11.9. The number of carboxylic acids is 2. The molecule has 0 radical (unpaired) electrons. The molecule has 7 nitrogen and oxygen atoms in total. The summed E-state index contributed by atoms with van der Waals surface area (Å²) in [5.74, 6) is -3.76. The highest BCUT2D eigenvalue weighted by Gasteiger charge is 2.38. The molecule has 0 amide bonds. The minimum absolute atomic E-state index is 0.0607. The Balaban J connectivity index is 0.000000480. The summed E-state index contributed by atoms with van der Waals surface area (Å²) in [5.41, 5.74) is 7.50. The van der Waals surface area contributed by atoms with Gasteiger partial charge in [-0.05, 0) is 35.4 Å². The molecule has 0 saturated carbocycles. The van der Waals surface area contributed by atoms with Gasteiger partial charge < -0.3 is 20.7 Å². The monoisotopic (exact) mass is 399 g/mol. The molecule has 4 N–H and O–H groups in total. The lowest BCUT2D eigenvalue weighted by atomic mass is 10.1. The molecule has 0 aromatic heterocycles. The molecule has 0 unspecified atom stereocenters. The Kier molecular flexibility index (Phi) is 8.14. The second-order valence-electron chi connectivity index (χ2n) is 5.31. The number of rotatable bonds is 5. The lowest BCUT2D eigenvalue weighted by Gasteiger charge is -2.05. The summed E-state index contributed by atoms with van der Waals surface area (Å²) in [6.07, 6.45) is -5.14. The summed E-state index contributed by atoms with van der Waals surface area (Å²) in [7, 11) is 0. The maximum atomic E-state index is 11.9. The number of ether oxygens (including phenoxy) is 1. The van der Waals surface area contributed by atoms with E-state index in [1.54, 1.807) is 48.5 Å². The summed E-state index contributed by atoms with van der Waals surface area (Å²) < 4.78 is 37.0. The molecule has 2 aromatic rings. The normalized spacial score (nSPS) is 10.4. The van der Waals surface area contributed by atoms with Gasteiger partial charge in [-0.1, -0.05) is 24.3 Å². The quantitative estimate of drug-likeness (QED) is 0.521. The van der Waals surface area contributed by atoms with E-state index in [9.17, 15) is 22.8 Å². The van der Waals surface area contributed by atoms with Crippen LogP contribution in [0.5, 0.6) is 5.75 Å². The van der Waals surface area contributed by atoms with E-state index in [0.717, 1.165) is 5.56 Å². The number of carboxylic acid groups (broad SMARTS) is 2. The topological polar surface area (TPSA) is 127 Å². The van der Waals surface area contributed by atoms with Gasteiger partial charge in [0, 0.05) is 6.54 Å². The molecular weight excluding hydrogens is 383 g/mol. The molecular formula is C18H16F3NO6. The summed E-state index contributed by atoms with van der Waals surface area (Å²) >= 11 is 0. The molecule has 2 aromatic carbocycles. The van der Waals surface area contributed by atoms with Crippen molar-refractivity contribution in [2.75, 3.05) is 0 Å². The smallest absolute Gasteiger partial charge is 0.481 e. The highest BCUT2D eigenvalue weighted by molar-refractivity contribution is 5.91. The van der Waals surface area contributed by atoms with Crippen molar-refractivity contribution in [1.29, 1.82) is 0 Å². The number of hydrogen-bond acceptors (Lipinski definition) is 5. The van der Waals surface area contributed by atoms with Crippen molar-refractivity contribution in [3.05, 3.63) is 65.2 Å². The van der Waals surface area contributed by atoms with Gasteiger partial charge in [0.15, 0.2) is 0 Å².